The van der Waals surface area contributed by atoms with Crippen LogP contribution >= 0.6 is 0 Å². The van der Waals surface area contributed by atoms with Crippen LogP contribution in [-0.2, 0) is 11.2 Å². The molecule has 1 aliphatic rings. The Bertz CT molecular complexity index is 827. The molecule has 2 N–H and O–H groups in total. The summed E-state index contributed by atoms with van der Waals surface area (Å²) in [4.78, 5) is 11.2. The SMILES string of the molecule is CC(C)c1cccc(-c2cc3c(cc2F)C(OC(N)=O)C(C)(C)C3)c1. The predicted molar refractivity (Wildman–Crippen MR) is 96.8 cm³/mol. The molecule has 132 valence electrons. The number of amides is 1. The van der Waals surface area contributed by atoms with E-state index in [1.54, 1.807) is 0 Å². The first-order chi connectivity index (χ1) is 11.7. The summed E-state index contributed by atoms with van der Waals surface area (Å²) in [6.07, 6.45) is -0.650. The van der Waals surface area contributed by atoms with E-state index < -0.39 is 12.2 Å². The minimum atomic E-state index is -0.833. The molecule has 0 bridgehead atoms. The number of halogens is 1. The van der Waals surface area contributed by atoms with Gasteiger partial charge in [-0.1, -0.05) is 52.0 Å². The lowest BCUT2D eigenvalue weighted by atomic mass is 9.87. The maximum Gasteiger partial charge on any atom is 0.405 e. The highest BCUT2D eigenvalue weighted by Gasteiger charge is 2.42. The second-order valence-corrected chi connectivity index (χ2v) is 7.79. The monoisotopic (exact) mass is 341 g/mol. The average Bonchev–Trinajstić information content (AvgIpc) is 2.76. The van der Waals surface area contributed by atoms with E-state index in [0.29, 0.717) is 23.5 Å². The minimum Gasteiger partial charge on any atom is -0.441 e. The minimum absolute atomic E-state index is 0.310. The Kier molecular flexibility index (Phi) is 4.31. The first kappa shape index (κ1) is 17.5. The van der Waals surface area contributed by atoms with Crippen LogP contribution in [0.4, 0.5) is 9.18 Å². The normalized spacial score (nSPS) is 18.2. The fourth-order valence-corrected chi connectivity index (χ4v) is 3.66. The van der Waals surface area contributed by atoms with Gasteiger partial charge in [0.05, 0.1) is 0 Å². The molecule has 0 aliphatic heterocycles. The maximum atomic E-state index is 14.9. The highest BCUT2D eigenvalue weighted by Crippen LogP contribution is 2.48. The first-order valence-electron chi connectivity index (χ1n) is 8.58. The highest BCUT2D eigenvalue weighted by atomic mass is 19.1. The number of hydrogen-bond donors (Lipinski definition) is 1. The van der Waals surface area contributed by atoms with E-state index in [4.69, 9.17) is 10.5 Å². The number of benzene rings is 2. The van der Waals surface area contributed by atoms with Crippen LogP contribution in [0.2, 0.25) is 0 Å². The van der Waals surface area contributed by atoms with Crippen molar-refractivity contribution in [1.82, 2.24) is 0 Å². The van der Waals surface area contributed by atoms with Gasteiger partial charge in [0.1, 0.15) is 11.9 Å². The van der Waals surface area contributed by atoms with Crippen molar-refractivity contribution < 1.29 is 13.9 Å². The Morgan fingerprint density at radius 3 is 2.64 bits per heavy atom. The topological polar surface area (TPSA) is 52.3 Å². The second-order valence-electron chi connectivity index (χ2n) is 7.79. The van der Waals surface area contributed by atoms with E-state index in [0.717, 1.165) is 11.1 Å². The molecule has 0 fully saturated rings. The van der Waals surface area contributed by atoms with Crippen LogP contribution in [0.5, 0.6) is 0 Å². The van der Waals surface area contributed by atoms with E-state index >= 15 is 0 Å². The molecule has 1 amide bonds. The van der Waals surface area contributed by atoms with Crippen molar-refractivity contribution in [3.8, 4) is 11.1 Å². The molecule has 1 aliphatic carbocycles. The smallest absolute Gasteiger partial charge is 0.405 e. The van der Waals surface area contributed by atoms with Gasteiger partial charge in [-0.2, -0.15) is 0 Å². The lowest BCUT2D eigenvalue weighted by Crippen LogP contribution is -2.25. The molecule has 1 atom stereocenters. The van der Waals surface area contributed by atoms with Gasteiger partial charge in [-0.15, -0.1) is 0 Å². The molecule has 1 unspecified atom stereocenters. The maximum absolute atomic E-state index is 14.9. The molecule has 0 saturated carbocycles. The lowest BCUT2D eigenvalue weighted by molar-refractivity contribution is 0.0391. The van der Waals surface area contributed by atoms with Crippen molar-refractivity contribution in [2.45, 2.75) is 46.1 Å². The van der Waals surface area contributed by atoms with Gasteiger partial charge in [0.2, 0.25) is 0 Å². The number of primary amides is 1. The fraction of sp³-hybridized carbons (Fsp3) is 0.381. The van der Waals surface area contributed by atoms with E-state index in [-0.39, 0.29) is 11.2 Å². The number of carbonyl (C=O) groups is 1. The Morgan fingerprint density at radius 1 is 1.28 bits per heavy atom. The molecule has 2 aromatic carbocycles. The van der Waals surface area contributed by atoms with Gasteiger partial charge in [0, 0.05) is 11.0 Å². The van der Waals surface area contributed by atoms with Gasteiger partial charge < -0.3 is 10.5 Å². The molecule has 2 aromatic rings. The van der Waals surface area contributed by atoms with Gasteiger partial charge in [-0.3, -0.25) is 0 Å². The third-order valence-corrected chi connectivity index (χ3v) is 4.97. The van der Waals surface area contributed by atoms with Crippen LogP contribution in [0, 0.1) is 11.2 Å². The summed E-state index contributed by atoms with van der Waals surface area (Å²) >= 11 is 0. The van der Waals surface area contributed by atoms with Crippen LogP contribution in [0.15, 0.2) is 36.4 Å². The molecule has 0 saturated heterocycles. The molecule has 4 heteroatoms. The zero-order valence-electron chi connectivity index (χ0n) is 15.1. The summed E-state index contributed by atoms with van der Waals surface area (Å²) in [6.45, 7) is 8.23. The Hall–Kier alpha value is -2.36. The lowest BCUT2D eigenvalue weighted by Gasteiger charge is -2.26. The molecule has 0 aromatic heterocycles. The number of hydrogen-bond acceptors (Lipinski definition) is 2. The van der Waals surface area contributed by atoms with Crippen LogP contribution in [-0.4, -0.2) is 6.09 Å². The number of nitrogens with two attached hydrogens (primary N) is 1. The van der Waals surface area contributed by atoms with Crippen molar-refractivity contribution in [3.63, 3.8) is 0 Å². The van der Waals surface area contributed by atoms with Gasteiger partial charge in [-0.25, -0.2) is 9.18 Å². The first-order valence-corrected chi connectivity index (χ1v) is 8.58. The van der Waals surface area contributed by atoms with Gasteiger partial charge in [0.15, 0.2) is 0 Å². The van der Waals surface area contributed by atoms with Gasteiger partial charge in [-0.05, 0) is 46.7 Å². The van der Waals surface area contributed by atoms with E-state index in [9.17, 15) is 9.18 Å². The third kappa shape index (κ3) is 3.26. The summed E-state index contributed by atoms with van der Waals surface area (Å²) < 4.78 is 20.1. The van der Waals surface area contributed by atoms with E-state index in [1.807, 2.05) is 38.1 Å². The van der Waals surface area contributed by atoms with Crippen molar-refractivity contribution in [2.75, 3.05) is 0 Å². The van der Waals surface area contributed by atoms with E-state index in [1.165, 1.54) is 11.6 Å². The zero-order valence-corrected chi connectivity index (χ0v) is 15.1. The summed E-state index contributed by atoms with van der Waals surface area (Å²) in [5, 5.41) is 0. The van der Waals surface area contributed by atoms with Crippen molar-refractivity contribution >= 4 is 6.09 Å². The predicted octanol–water partition coefficient (Wildman–Crippen LogP) is 5.33. The fourth-order valence-electron chi connectivity index (χ4n) is 3.66. The summed E-state index contributed by atoms with van der Waals surface area (Å²) in [5.74, 6) is 0.0696. The quantitative estimate of drug-likeness (QED) is 0.820. The third-order valence-electron chi connectivity index (χ3n) is 4.97. The Labute approximate surface area is 148 Å². The molecule has 0 spiro atoms. The number of carbonyl (C=O) groups excluding carboxylic acids is 1. The van der Waals surface area contributed by atoms with Gasteiger partial charge in [0.25, 0.3) is 0 Å². The zero-order chi connectivity index (χ0) is 18.4. The standard InChI is InChI=1S/C21H24FNO2/c1-12(2)13-6-5-7-14(8-13)16-9-15-11-21(3,4)19(25-20(23)24)17(15)10-18(16)22/h5-10,12,19H,11H2,1-4H3,(H2,23,24). The summed E-state index contributed by atoms with van der Waals surface area (Å²) in [6, 6.07) is 11.4. The molecule has 25 heavy (non-hydrogen) atoms. The number of fused-ring (bicyclic) bond motifs is 1. The van der Waals surface area contributed by atoms with E-state index in [2.05, 4.69) is 19.9 Å². The Morgan fingerprint density at radius 2 is 2.00 bits per heavy atom. The largest absolute Gasteiger partial charge is 0.441 e. The number of rotatable bonds is 3. The molecular weight excluding hydrogens is 317 g/mol. The molecule has 0 heterocycles. The van der Waals surface area contributed by atoms with Crippen LogP contribution in [0.1, 0.15) is 56.4 Å². The molecule has 3 rings (SSSR count). The van der Waals surface area contributed by atoms with Crippen molar-refractivity contribution in [3.05, 3.63) is 58.9 Å². The molecular formula is C21H24FNO2. The Balaban J connectivity index is 2.07. The molecule has 3 nitrogen and oxygen atoms in total. The van der Waals surface area contributed by atoms with Crippen LogP contribution in [0.25, 0.3) is 11.1 Å². The van der Waals surface area contributed by atoms with Gasteiger partial charge >= 0.3 is 6.09 Å². The second kappa shape index (κ2) is 6.17. The summed E-state index contributed by atoms with van der Waals surface area (Å²) in [7, 11) is 0. The number of ether oxygens (including phenoxy) is 1. The highest BCUT2D eigenvalue weighted by molar-refractivity contribution is 5.68. The molecule has 0 radical (unpaired) electrons. The van der Waals surface area contributed by atoms with Crippen LogP contribution < -0.4 is 5.73 Å². The summed E-state index contributed by atoms with van der Waals surface area (Å²) in [5.41, 5.74) is 9.22. The van der Waals surface area contributed by atoms with Crippen molar-refractivity contribution in [1.29, 1.82) is 0 Å². The average molecular weight is 341 g/mol. The van der Waals surface area contributed by atoms with Crippen molar-refractivity contribution in [2.24, 2.45) is 11.1 Å². The van der Waals surface area contributed by atoms with Crippen LogP contribution in [0.3, 0.4) is 0 Å².